The molecule has 2 rings (SSSR count). The van der Waals surface area contributed by atoms with Crippen LogP contribution in [0.1, 0.15) is 10.4 Å². The molecule has 7 heteroatoms. The molecule has 1 aliphatic rings. The number of ether oxygens (including phenoxy) is 1. The lowest BCUT2D eigenvalue weighted by molar-refractivity contribution is -0.138. The van der Waals surface area contributed by atoms with Crippen LogP contribution < -0.4 is 4.90 Å². The summed E-state index contributed by atoms with van der Waals surface area (Å²) >= 11 is 0. The molecule has 0 saturated carbocycles. The predicted molar refractivity (Wildman–Crippen MR) is 54.5 cm³/mol. The van der Waals surface area contributed by atoms with Crippen molar-refractivity contribution in [3.05, 3.63) is 24.0 Å². The van der Waals surface area contributed by atoms with Crippen molar-refractivity contribution in [1.82, 2.24) is 4.98 Å². The molecule has 17 heavy (non-hydrogen) atoms. The van der Waals surface area contributed by atoms with Gasteiger partial charge in [-0.2, -0.15) is 0 Å². The number of carboxylic acids is 1. The maximum Gasteiger partial charge on any atom is 0.337 e. The van der Waals surface area contributed by atoms with Crippen LogP contribution >= 0.6 is 0 Å². The minimum Gasteiger partial charge on any atom is -0.478 e. The molecule has 0 radical (unpaired) electrons. The van der Waals surface area contributed by atoms with Gasteiger partial charge in [-0.3, -0.25) is 14.6 Å². The molecular formula is C10H8N2O5. The van der Waals surface area contributed by atoms with E-state index < -0.39 is 17.8 Å². The van der Waals surface area contributed by atoms with Crippen molar-refractivity contribution in [3.8, 4) is 0 Å². The number of amides is 2. The van der Waals surface area contributed by atoms with Crippen molar-refractivity contribution in [1.29, 1.82) is 0 Å². The number of pyridine rings is 1. The molecule has 1 saturated heterocycles. The average molecular weight is 236 g/mol. The number of carbonyl (C=O) groups excluding carboxylic acids is 2. The summed E-state index contributed by atoms with van der Waals surface area (Å²) < 4.78 is 4.74. The van der Waals surface area contributed by atoms with Crippen LogP contribution in [0.3, 0.4) is 0 Å². The minimum atomic E-state index is -1.23. The van der Waals surface area contributed by atoms with E-state index in [1.807, 2.05) is 0 Å². The quantitative estimate of drug-likeness (QED) is 0.706. The molecule has 1 aliphatic heterocycles. The summed E-state index contributed by atoms with van der Waals surface area (Å²) in [4.78, 5) is 38.6. The number of aromatic carboxylic acids is 1. The van der Waals surface area contributed by atoms with Gasteiger partial charge in [-0.25, -0.2) is 9.69 Å². The van der Waals surface area contributed by atoms with Crippen molar-refractivity contribution in [3.63, 3.8) is 0 Å². The molecule has 2 amide bonds. The molecule has 0 unspecified atom stereocenters. The topological polar surface area (TPSA) is 96.8 Å². The summed E-state index contributed by atoms with van der Waals surface area (Å²) in [6.07, 6.45) is 2.45. The molecule has 1 fully saturated rings. The smallest absolute Gasteiger partial charge is 0.337 e. The SMILES string of the molecule is O=C(O)c1ccncc1N1C(=O)COCC1=O. The van der Waals surface area contributed by atoms with E-state index in [0.717, 1.165) is 4.90 Å². The third-order valence-corrected chi connectivity index (χ3v) is 2.22. The van der Waals surface area contributed by atoms with Crippen molar-refractivity contribution in [2.45, 2.75) is 0 Å². The van der Waals surface area contributed by atoms with E-state index in [9.17, 15) is 14.4 Å². The summed E-state index contributed by atoms with van der Waals surface area (Å²) in [5, 5.41) is 8.96. The Morgan fingerprint density at radius 1 is 1.35 bits per heavy atom. The van der Waals surface area contributed by atoms with Crippen LogP contribution in [0.25, 0.3) is 0 Å². The third-order valence-electron chi connectivity index (χ3n) is 2.22. The second kappa shape index (κ2) is 4.30. The summed E-state index contributed by atoms with van der Waals surface area (Å²) in [5.74, 6) is -2.43. The normalized spacial score (nSPS) is 16.1. The van der Waals surface area contributed by atoms with Gasteiger partial charge in [-0.1, -0.05) is 0 Å². The zero-order valence-corrected chi connectivity index (χ0v) is 8.62. The largest absolute Gasteiger partial charge is 0.478 e. The summed E-state index contributed by atoms with van der Waals surface area (Å²) in [5.41, 5.74) is -0.179. The number of anilines is 1. The van der Waals surface area contributed by atoms with E-state index in [0.29, 0.717) is 0 Å². The molecule has 0 atom stereocenters. The Bertz CT molecular complexity index is 483. The maximum atomic E-state index is 11.5. The Labute approximate surface area is 95.6 Å². The first-order valence-corrected chi connectivity index (χ1v) is 4.72. The van der Waals surface area contributed by atoms with Gasteiger partial charge in [0, 0.05) is 6.20 Å². The van der Waals surface area contributed by atoms with Gasteiger partial charge in [0.1, 0.15) is 13.2 Å². The van der Waals surface area contributed by atoms with Crippen LogP contribution in [-0.4, -0.2) is 41.1 Å². The van der Waals surface area contributed by atoms with Gasteiger partial charge < -0.3 is 9.84 Å². The van der Waals surface area contributed by atoms with E-state index >= 15 is 0 Å². The van der Waals surface area contributed by atoms with E-state index in [1.54, 1.807) is 0 Å². The number of nitrogens with zero attached hydrogens (tertiary/aromatic N) is 2. The Morgan fingerprint density at radius 3 is 2.59 bits per heavy atom. The Morgan fingerprint density at radius 2 is 2.00 bits per heavy atom. The monoisotopic (exact) mass is 236 g/mol. The van der Waals surface area contributed by atoms with E-state index in [4.69, 9.17) is 9.84 Å². The molecule has 1 aromatic heterocycles. The number of morpholine rings is 1. The summed E-state index contributed by atoms with van der Waals surface area (Å²) in [7, 11) is 0. The number of carbonyl (C=O) groups is 3. The highest BCUT2D eigenvalue weighted by molar-refractivity contribution is 6.19. The van der Waals surface area contributed by atoms with E-state index in [1.165, 1.54) is 18.5 Å². The first-order chi connectivity index (χ1) is 8.11. The van der Waals surface area contributed by atoms with Gasteiger partial charge in [-0.15, -0.1) is 0 Å². The zero-order valence-electron chi connectivity index (χ0n) is 8.62. The first kappa shape index (κ1) is 11.2. The number of imide groups is 1. The molecule has 0 spiro atoms. The van der Waals surface area contributed by atoms with Crippen LogP contribution in [0.5, 0.6) is 0 Å². The molecule has 1 aromatic rings. The van der Waals surface area contributed by atoms with Crippen LogP contribution in [0.4, 0.5) is 5.69 Å². The Kier molecular flexibility index (Phi) is 2.84. The molecule has 0 bridgehead atoms. The van der Waals surface area contributed by atoms with Crippen LogP contribution in [0.2, 0.25) is 0 Å². The second-order valence-corrected chi connectivity index (χ2v) is 3.31. The van der Waals surface area contributed by atoms with Gasteiger partial charge in [0.2, 0.25) is 0 Å². The fourth-order valence-corrected chi connectivity index (χ4v) is 1.51. The van der Waals surface area contributed by atoms with Crippen molar-refractivity contribution in [2.24, 2.45) is 0 Å². The van der Waals surface area contributed by atoms with Gasteiger partial charge in [-0.05, 0) is 6.07 Å². The Balaban J connectivity index is 2.48. The molecular weight excluding hydrogens is 228 g/mol. The van der Waals surface area contributed by atoms with E-state index in [-0.39, 0.29) is 24.5 Å². The van der Waals surface area contributed by atoms with Crippen LogP contribution in [-0.2, 0) is 14.3 Å². The number of hydrogen-bond acceptors (Lipinski definition) is 5. The molecule has 0 aromatic carbocycles. The number of carboxylic acid groups (broad SMARTS) is 1. The molecule has 2 heterocycles. The molecule has 7 nitrogen and oxygen atoms in total. The van der Waals surface area contributed by atoms with Gasteiger partial charge in [0.25, 0.3) is 11.8 Å². The van der Waals surface area contributed by atoms with Crippen LogP contribution in [0, 0.1) is 0 Å². The average Bonchev–Trinajstić information content (AvgIpc) is 2.29. The third kappa shape index (κ3) is 2.00. The highest BCUT2D eigenvalue weighted by Crippen LogP contribution is 2.21. The maximum absolute atomic E-state index is 11.5. The highest BCUT2D eigenvalue weighted by Gasteiger charge is 2.31. The lowest BCUT2D eigenvalue weighted by Crippen LogP contribution is -2.47. The summed E-state index contributed by atoms with van der Waals surface area (Å²) in [6, 6.07) is 1.23. The van der Waals surface area contributed by atoms with Gasteiger partial charge in [0.15, 0.2) is 0 Å². The van der Waals surface area contributed by atoms with Crippen molar-refractivity contribution >= 4 is 23.5 Å². The fourth-order valence-electron chi connectivity index (χ4n) is 1.51. The lowest BCUT2D eigenvalue weighted by atomic mass is 10.2. The zero-order chi connectivity index (χ0) is 12.4. The highest BCUT2D eigenvalue weighted by atomic mass is 16.5. The second-order valence-electron chi connectivity index (χ2n) is 3.31. The number of hydrogen-bond donors (Lipinski definition) is 1. The summed E-state index contributed by atoms with van der Waals surface area (Å²) in [6.45, 7) is -0.501. The number of aromatic nitrogens is 1. The standard InChI is InChI=1S/C10H8N2O5/c13-8-4-17-5-9(14)12(8)7-3-11-2-1-6(7)10(15)16/h1-3H,4-5H2,(H,15,16). The molecule has 88 valence electrons. The predicted octanol–water partition coefficient (Wildman–Crippen LogP) is -0.330. The van der Waals surface area contributed by atoms with Gasteiger partial charge in [0.05, 0.1) is 17.4 Å². The lowest BCUT2D eigenvalue weighted by Gasteiger charge is -2.25. The molecule has 1 N–H and O–H groups in total. The van der Waals surface area contributed by atoms with Crippen molar-refractivity contribution in [2.75, 3.05) is 18.1 Å². The Hall–Kier alpha value is -2.28. The fraction of sp³-hybridized carbons (Fsp3) is 0.200. The number of rotatable bonds is 2. The minimum absolute atomic E-state index is 0.0294. The first-order valence-electron chi connectivity index (χ1n) is 4.72. The molecule has 0 aliphatic carbocycles. The van der Waals surface area contributed by atoms with E-state index in [2.05, 4.69) is 4.98 Å². The van der Waals surface area contributed by atoms with Crippen LogP contribution in [0.15, 0.2) is 18.5 Å². The van der Waals surface area contributed by atoms with Crippen molar-refractivity contribution < 1.29 is 24.2 Å². The van der Waals surface area contributed by atoms with Gasteiger partial charge >= 0.3 is 5.97 Å².